The first-order chi connectivity index (χ1) is 7.83. The molecule has 2 aromatic heterocycles. The summed E-state index contributed by atoms with van der Waals surface area (Å²) < 4.78 is 10.5. The van der Waals surface area contributed by atoms with Gasteiger partial charge < -0.3 is 14.7 Å². The van der Waals surface area contributed by atoms with Gasteiger partial charge in [0, 0.05) is 12.0 Å². The number of aromatic nitrogens is 2. The standard InChI is InChI=1S/C11H13N3O2/c12-8-4-3-7(6-8)11-13-10(14-16-11)9-2-1-5-15-9/h1-2,5,7-8H,3-4,6,12H2/t7-,8+/m1/s1. The van der Waals surface area contributed by atoms with E-state index in [1.807, 2.05) is 6.07 Å². The molecule has 84 valence electrons. The van der Waals surface area contributed by atoms with E-state index in [-0.39, 0.29) is 6.04 Å². The Morgan fingerprint density at radius 2 is 2.31 bits per heavy atom. The molecule has 0 amide bonds. The van der Waals surface area contributed by atoms with E-state index in [0.29, 0.717) is 23.4 Å². The molecule has 2 aromatic rings. The van der Waals surface area contributed by atoms with Gasteiger partial charge in [-0.15, -0.1) is 0 Å². The molecule has 0 aliphatic heterocycles. The zero-order chi connectivity index (χ0) is 11.0. The molecule has 1 saturated carbocycles. The number of nitrogens with zero attached hydrogens (tertiary/aromatic N) is 2. The first-order valence-corrected chi connectivity index (χ1v) is 5.46. The first kappa shape index (κ1) is 9.59. The number of furan rings is 1. The molecule has 2 N–H and O–H groups in total. The SMILES string of the molecule is N[C@H]1CC[C@@H](c2nc(-c3ccco3)no2)C1. The summed E-state index contributed by atoms with van der Waals surface area (Å²) in [6.07, 6.45) is 4.58. The van der Waals surface area contributed by atoms with E-state index < -0.39 is 0 Å². The third kappa shape index (κ3) is 1.63. The molecule has 1 fully saturated rings. The van der Waals surface area contributed by atoms with Crippen molar-refractivity contribution < 1.29 is 8.94 Å². The highest BCUT2D eigenvalue weighted by molar-refractivity contribution is 5.44. The minimum absolute atomic E-state index is 0.268. The molecule has 1 aliphatic carbocycles. The highest BCUT2D eigenvalue weighted by Crippen LogP contribution is 2.33. The van der Waals surface area contributed by atoms with Gasteiger partial charge in [0.2, 0.25) is 11.7 Å². The van der Waals surface area contributed by atoms with Crippen LogP contribution in [0.3, 0.4) is 0 Å². The summed E-state index contributed by atoms with van der Waals surface area (Å²) in [4.78, 5) is 4.34. The molecule has 16 heavy (non-hydrogen) atoms. The second-order valence-electron chi connectivity index (χ2n) is 4.20. The minimum Gasteiger partial charge on any atom is -0.461 e. The van der Waals surface area contributed by atoms with Crippen LogP contribution >= 0.6 is 0 Å². The maximum atomic E-state index is 5.86. The van der Waals surface area contributed by atoms with Crippen molar-refractivity contribution in [1.29, 1.82) is 0 Å². The van der Waals surface area contributed by atoms with Crippen LogP contribution in [0.1, 0.15) is 31.1 Å². The van der Waals surface area contributed by atoms with Crippen molar-refractivity contribution in [2.24, 2.45) is 5.73 Å². The molecule has 1 aliphatic rings. The van der Waals surface area contributed by atoms with E-state index in [1.165, 1.54) is 0 Å². The highest BCUT2D eigenvalue weighted by atomic mass is 16.5. The van der Waals surface area contributed by atoms with Crippen LogP contribution in [0, 0.1) is 0 Å². The Labute approximate surface area is 92.6 Å². The molecular formula is C11H13N3O2. The van der Waals surface area contributed by atoms with Crippen LogP contribution in [0.5, 0.6) is 0 Å². The number of nitrogens with two attached hydrogens (primary N) is 1. The van der Waals surface area contributed by atoms with Gasteiger partial charge in [-0.1, -0.05) is 5.16 Å². The van der Waals surface area contributed by atoms with Gasteiger partial charge in [0.15, 0.2) is 5.76 Å². The Balaban J connectivity index is 1.83. The summed E-state index contributed by atoms with van der Waals surface area (Å²) in [6.45, 7) is 0. The van der Waals surface area contributed by atoms with Crippen LogP contribution in [0.4, 0.5) is 0 Å². The fourth-order valence-corrected chi connectivity index (χ4v) is 2.15. The predicted molar refractivity (Wildman–Crippen MR) is 56.6 cm³/mol. The van der Waals surface area contributed by atoms with Crippen LogP contribution in [-0.2, 0) is 0 Å². The Morgan fingerprint density at radius 1 is 1.38 bits per heavy atom. The molecule has 0 spiro atoms. The summed E-state index contributed by atoms with van der Waals surface area (Å²) >= 11 is 0. The van der Waals surface area contributed by atoms with Crippen LogP contribution in [0.25, 0.3) is 11.6 Å². The maximum Gasteiger partial charge on any atom is 0.238 e. The van der Waals surface area contributed by atoms with Gasteiger partial charge in [-0.05, 0) is 31.4 Å². The van der Waals surface area contributed by atoms with Crippen LogP contribution in [0.15, 0.2) is 27.3 Å². The number of rotatable bonds is 2. The fourth-order valence-electron chi connectivity index (χ4n) is 2.15. The molecule has 2 heterocycles. The molecular weight excluding hydrogens is 206 g/mol. The lowest BCUT2D eigenvalue weighted by atomic mass is 10.1. The van der Waals surface area contributed by atoms with E-state index in [4.69, 9.17) is 14.7 Å². The molecule has 2 atom stereocenters. The molecule has 0 radical (unpaired) electrons. The second-order valence-corrected chi connectivity index (χ2v) is 4.20. The largest absolute Gasteiger partial charge is 0.461 e. The lowest BCUT2D eigenvalue weighted by Crippen LogP contribution is -2.14. The maximum absolute atomic E-state index is 5.86. The van der Waals surface area contributed by atoms with E-state index in [1.54, 1.807) is 12.3 Å². The van der Waals surface area contributed by atoms with Crippen molar-refractivity contribution in [3.8, 4) is 11.6 Å². The van der Waals surface area contributed by atoms with E-state index >= 15 is 0 Å². The molecule has 5 nitrogen and oxygen atoms in total. The molecule has 0 saturated heterocycles. The lowest BCUT2D eigenvalue weighted by molar-refractivity contribution is 0.353. The van der Waals surface area contributed by atoms with E-state index in [0.717, 1.165) is 19.3 Å². The average molecular weight is 219 g/mol. The lowest BCUT2D eigenvalue weighted by Gasteiger charge is -2.01. The molecule has 0 bridgehead atoms. The van der Waals surface area contributed by atoms with Crippen molar-refractivity contribution in [3.63, 3.8) is 0 Å². The topological polar surface area (TPSA) is 78.1 Å². The zero-order valence-electron chi connectivity index (χ0n) is 8.80. The predicted octanol–water partition coefficient (Wildman–Crippen LogP) is 1.92. The molecule has 0 unspecified atom stereocenters. The normalized spacial score (nSPS) is 25.1. The monoisotopic (exact) mass is 219 g/mol. The summed E-state index contributed by atoms with van der Waals surface area (Å²) in [6, 6.07) is 3.88. The Hall–Kier alpha value is -1.62. The van der Waals surface area contributed by atoms with Gasteiger partial charge in [-0.3, -0.25) is 0 Å². The Kier molecular flexibility index (Phi) is 2.25. The summed E-state index contributed by atoms with van der Waals surface area (Å²) in [7, 11) is 0. The fraction of sp³-hybridized carbons (Fsp3) is 0.455. The first-order valence-electron chi connectivity index (χ1n) is 5.46. The summed E-state index contributed by atoms with van der Waals surface area (Å²) in [5.41, 5.74) is 5.86. The summed E-state index contributed by atoms with van der Waals surface area (Å²) in [5.74, 6) is 2.14. The smallest absolute Gasteiger partial charge is 0.238 e. The zero-order valence-corrected chi connectivity index (χ0v) is 8.80. The van der Waals surface area contributed by atoms with Crippen molar-refractivity contribution in [2.45, 2.75) is 31.2 Å². The van der Waals surface area contributed by atoms with Crippen LogP contribution in [0.2, 0.25) is 0 Å². The van der Waals surface area contributed by atoms with E-state index in [9.17, 15) is 0 Å². The van der Waals surface area contributed by atoms with Crippen LogP contribution < -0.4 is 5.73 Å². The minimum atomic E-state index is 0.268. The Bertz CT molecular complexity index is 463. The second kappa shape index (κ2) is 3.75. The van der Waals surface area contributed by atoms with Gasteiger partial charge in [0.25, 0.3) is 0 Å². The van der Waals surface area contributed by atoms with Gasteiger partial charge in [0.1, 0.15) is 0 Å². The third-order valence-corrected chi connectivity index (χ3v) is 3.01. The van der Waals surface area contributed by atoms with Gasteiger partial charge in [-0.25, -0.2) is 0 Å². The Morgan fingerprint density at radius 3 is 3.00 bits per heavy atom. The van der Waals surface area contributed by atoms with Crippen LogP contribution in [-0.4, -0.2) is 16.2 Å². The number of hydrogen-bond donors (Lipinski definition) is 1. The average Bonchev–Trinajstić information content (AvgIpc) is 2.97. The molecule has 3 rings (SSSR count). The van der Waals surface area contributed by atoms with E-state index in [2.05, 4.69) is 10.1 Å². The molecule has 0 aromatic carbocycles. The van der Waals surface area contributed by atoms with Gasteiger partial charge in [0.05, 0.1) is 6.26 Å². The molecule has 5 heteroatoms. The number of hydrogen-bond acceptors (Lipinski definition) is 5. The van der Waals surface area contributed by atoms with Crippen molar-refractivity contribution >= 4 is 0 Å². The van der Waals surface area contributed by atoms with Crippen molar-refractivity contribution in [1.82, 2.24) is 10.1 Å². The van der Waals surface area contributed by atoms with Crippen molar-refractivity contribution in [2.75, 3.05) is 0 Å². The van der Waals surface area contributed by atoms with Crippen molar-refractivity contribution in [3.05, 3.63) is 24.3 Å². The highest BCUT2D eigenvalue weighted by Gasteiger charge is 2.28. The van der Waals surface area contributed by atoms with Gasteiger partial charge in [-0.2, -0.15) is 4.98 Å². The quantitative estimate of drug-likeness (QED) is 0.834. The van der Waals surface area contributed by atoms with Gasteiger partial charge >= 0.3 is 0 Å². The summed E-state index contributed by atoms with van der Waals surface area (Å²) in [5, 5.41) is 3.91. The third-order valence-electron chi connectivity index (χ3n) is 3.01.